The highest BCUT2D eigenvalue weighted by Crippen LogP contribution is 2.19. The van der Waals surface area contributed by atoms with E-state index in [4.69, 9.17) is 4.52 Å². The van der Waals surface area contributed by atoms with Gasteiger partial charge in [0, 0.05) is 44.0 Å². The molecule has 1 aromatic carbocycles. The zero-order valence-electron chi connectivity index (χ0n) is 16.9. The van der Waals surface area contributed by atoms with E-state index in [0.717, 1.165) is 36.8 Å². The summed E-state index contributed by atoms with van der Waals surface area (Å²) in [6.07, 6.45) is 6.22. The van der Waals surface area contributed by atoms with Crippen molar-refractivity contribution in [3.63, 3.8) is 0 Å². The Labute approximate surface area is 175 Å². The summed E-state index contributed by atoms with van der Waals surface area (Å²) in [5, 5.41) is 10.0. The number of carbonyl (C=O) groups is 1. The molecule has 1 amide bonds. The molecule has 4 rings (SSSR count). The predicted octanol–water partition coefficient (Wildman–Crippen LogP) is 3.35. The van der Waals surface area contributed by atoms with Crippen molar-refractivity contribution in [1.82, 2.24) is 20.4 Å². The van der Waals surface area contributed by atoms with Gasteiger partial charge < -0.3 is 20.1 Å². The van der Waals surface area contributed by atoms with Gasteiger partial charge in [0.1, 0.15) is 5.82 Å². The van der Waals surface area contributed by atoms with Crippen molar-refractivity contribution < 1.29 is 9.32 Å². The molecule has 1 aliphatic heterocycles. The van der Waals surface area contributed by atoms with Crippen LogP contribution < -0.4 is 15.5 Å². The summed E-state index contributed by atoms with van der Waals surface area (Å²) in [4.78, 5) is 23.5. The van der Waals surface area contributed by atoms with Gasteiger partial charge in [0.2, 0.25) is 5.95 Å². The average molecular weight is 406 g/mol. The standard InChI is InChI=1S/C22H26N6O2/c29-21(18-16-19(30-27-18)17-8-3-1-4-9-17)24-12-7-11-23-20-10-13-25-22(26-20)28-14-5-2-6-15-28/h1,3-4,8-10,13,16H,2,5-7,11-12,14-15H2,(H,24,29)(H,23,25,26). The maximum Gasteiger partial charge on any atom is 0.273 e. The molecule has 0 bridgehead atoms. The molecule has 0 atom stereocenters. The molecular weight excluding hydrogens is 380 g/mol. The van der Waals surface area contributed by atoms with Gasteiger partial charge in [-0.25, -0.2) is 4.98 Å². The first-order valence-electron chi connectivity index (χ1n) is 10.4. The lowest BCUT2D eigenvalue weighted by atomic mass is 10.1. The van der Waals surface area contributed by atoms with Crippen LogP contribution in [-0.4, -0.2) is 47.2 Å². The second-order valence-electron chi connectivity index (χ2n) is 7.27. The number of piperidine rings is 1. The lowest BCUT2D eigenvalue weighted by Crippen LogP contribution is -2.31. The Bertz CT molecular complexity index is 953. The summed E-state index contributed by atoms with van der Waals surface area (Å²) in [7, 11) is 0. The van der Waals surface area contributed by atoms with Gasteiger partial charge in [-0.05, 0) is 31.7 Å². The van der Waals surface area contributed by atoms with Gasteiger partial charge in [-0.15, -0.1) is 0 Å². The molecular formula is C22H26N6O2. The normalized spacial score (nSPS) is 13.8. The number of carbonyl (C=O) groups excluding carboxylic acids is 1. The van der Waals surface area contributed by atoms with Crippen LogP contribution in [0, 0.1) is 0 Å². The van der Waals surface area contributed by atoms with Crippen LogP contribution in [0.4, 0.5) is 11.8 Å². The molecule has 1 saturated heterocycles. The van der Waals surface area contributed by atoms with Crippen LogP contribution in [0.25, 0.3) is 11.3 Å². The lowest BCUT2D eigenvalue weighted by Gasteiger charge is -2.26. The van der Waals surface area contributed by atoms with Crippen molar-refractivity contribution in [3.8, 4) is 11.3 Å². The number of rotatable bonds is 8. The third-order valence-electron chi connectivity index (χ3n) is 5.03. The Balaban J connectivity index is 1.20. The zero-order valence-corrected chi connectivity index (χ0v) is 16.9. The minimum absolute atomic E-state index is 0.240. The van der Waals surface area contributed by atoms with Gasteiger partial charge in [-0.2, -0.15) is 4.98 Å². The van der Waals surface area contributed by atoms with Gasteiger partial charge >= 0.3 is 0 Å². The maximum atomic E-state index is 12.3. The first-order chi connectivity index (χ1) is 14.8. The van der Waals surface area contributed by atoms with Crippen LogP contribution in [0.3, 0.4) is 0 Å². The van der Waals surface area contributed by atoms with Crippen LogP contribution in [0.15, 0.2) is 53.2 Å². The lowest BCUT2D eigenvalue weighted by molar-refractivity contribution is 0.0944. The van der Waals surface area contributed by atoms with Gasteiger partial charge in [0.05, 0.1) is 0 Å². The number of nitrogens with one attached hydrogen (secondary N) is 2. The largest absolute Gasteiger partial charge is 0.370 e. The van der Waals surface area contributed by atoms with E-state index in [1.165, 1.54) is 19.3 Å². The second-order valence-corrected chi connectivity index (χ2v) is 7.27. The SMILES string of the molecule is O=C(NCCCNc1ccnc(N2CCCCC2)n1)c1cc(-c2ccccc2)on1. The highest BCUT2D eigenvalue weighted by atomic mass is 16.5. The Morgan fingerprint density at radius 2 is 1.90 bits per heavy atom. The topological polar surface area (TPSA) is 96.2 Å². The summed E-state index contributed by atoms with van der Waals surface area (Å²) in [5.74, 6) is 1.93. The maximum absolute atomic E-state index is 12.3. The van der Waals surface area contributed by atoms with E-state index in [1.807, 2.05) is 36.4 Å². The summed E-state index contributed by atoms with van der Waals surface area (Å²) in [6.45, 7) is 3.27. The van der Waals surface area contributed by atoms with Crippen molar-refractivity contribution in [2.24, 2.45) is 0 Å². The summed E-state index contributed by atoms with van der Waals surface area (Å²) < 4.78 is 5.28. The molecule has 0 aliphatic carbocycles. The number of amides is 1. The summed E-state index contributed by atoms with van der Waals surface area (Å²) in [6, 6.07) is 13.1. The van der Waals surface area contributed by atoms with Crippen LogP contribution in [0.1, 0.15) is 36.2 Å². The zero-order chi connectivity index (χ0) is 20.6. The first kappa shape index (κ1) is 19.9. The average Bonchev–Trinajstić information content (AvgIpc) is 3.31. The molecule has 0 saturated carbocycles. The number of anilines is 2. The molecule has 30 heavy (non-hydrogen) atoms. The number of hydrogen-bond acceptors (Lipinski definition) is 7. The van der Waals surface area contributed by atoms with Crippen LogP contribution in [-0.2, 0) is 0 Å². The Hall–Kier alpha value is -3.42. The Morgan fingerprint density at radius 3 is 2.73 bits per heavy atom. The molecule has 1 fully saturated rings. The highest BCUT2D eigenvalue weighted by molar-refractivity contribution is 5.93. The van der Waals surface area contributed by atoms with Crippen LogP contribution in [0.5, 0.6) is 0 Å². The van der Waals surface area contributed by atoms with Crippen molar-refractivity contribution in [2.75, 3.05) is 36.4 Å². The third-order valence-corrected chi connectivity index (χ3v) is 5.03. The molecule has 1 aliphatic rings. The molecule has 3 aromatic rings. The van der Waals surface area contributed by atoms with Gasteiger partial charge in [-0.1, -0.05) is 35.5 Å². The summed E-state index contributed by atoms with van der Waals surface area (Å²) in [5.41, 5.74) is 1.17. The molecule has 2 aromatic heterocycles. The van der Waals surface area contributed by atoms with Crippen LogP contribution >= 0.6 is 0 Å². The van der Waals surface area contributed by atoms with E-state index in [-0.39, 0.29) is 11.6 Å². The fourth-order valence-electron chi connectivity index (χ4n) is 3.41. The quantitative estimate of drug-likeness (QED) is 0.554. The third kappa shape index (κ3) is 5.14. The van der Waals surface area contributed by atoms with E-state index in [1.54, 1.807) is 12.3 Å². The number of aromatic nitrogens is 3. The highest BCUT2D eigenvalue weighted by Gasteiger charge is 2.14. The van der Waals surface area contributed by atoms with Crippen molar-refractivity contribution in [2.45, 2.75) is 25.7 Å². The fraction of sp³-hybridized carbons (Fsp3) is 0.364. The van der Waals surface area contributed by atoms with Crippen molar-refractivity contribution in [1.29, 1.82) is 0 Å². The molecule has 8 nitrogen and oxygen atoms in total. The smallest absolute Gasteiger partial charge is 0.273 e. The fourth-order valence-corrected chi connectivity index (χ4v) is 3.41. The van der Waals surface area contributed by atoms with Crippen molar-refractivity contribution in [3.05, 3.63) is 54.4 Å². The minimum atomic E-state index is -0.240. The van der Waals surface area contributed by atoms with E-state index in [0.29, 0.717) is 18.8 Å². The number of benzene rings is 1. The van der Waals surface area contributed by atoms with Crippen LogP contribution in [0.2, 0.25) is 0 Å². The Morgan fingerprint density at radius 1 is 1.07 bits per heavy atom. The minimum Gasteiger partial charge on any atom is -0.370 e. The Kier molecular flexibility index (Phi) is 6.54. The molecule has 0 spiro atoms. The van der Waals surface area contributed by atoms with Gasteiger partial charge in [0.25, 0.3) is 5.91 Å². The molecule has 0 unspecified atom stereocenters. The molecule has 3 heterocycles. The number of hydrogen-bond donors (Lipinski definition) is 2. The predicted molar refractivity (Wildman–Crippen MR) is 115 cm³/mol. The summed E-state index contributed by atoms with van der Waals surface area (Å²) >= 11 is 0. The molecule has 8 heteroatoms. The van der Waals surface area contributed by atoms with E-state index >= 15 is 0 Å². The van der Waals surface area contributed by atoms with E-state index < -0.39 is 0 Å². The first-order valence-corrected chi connectivity index (χ1v) is 10.4. The van der Waals surface area contributed by atoms with Gasteiger partial charge in [-0.3, -0.25) is 4.79 Å². The monoisotopic (exact) mass is 406 g/mol. The van der Waals surface area contributed by atoms with Gasteiger partial charge in [0.15, 0.2) is 11.5 Å². The number of nitrogens with zero attached hydrogens (tertiary/aromatic N) is 4. The molecule has 156 valence electrons. The second kappa shape index (κ2) is 9.87. The molecule has 0 radical (unpaired) electrons. The van der Waals surface area contributed by atoms with Crippen molar-refractivity contribution >= 4 is 17.7 Å². The van der Waals surface area contributed by atoms with E-state index in [2.05, 4.69) is 30.7 Å². The molecule has 2 N–H and O–H groups in total. The van der Waals surface area contributed by atoms with E-state index in [9.17, 15) is 4.79 Å².